The van der Waals surface area contributed by atoms with Crippen molar-refractivity contribution in [1.29, 1.82) is 0 Å². The molecular formula is C29H29NO2S. The molecule has 2 aliphatic rings. The van der Waals surface area contributed by atoms with Crippen molar-refractivity contribution in [3.05, 3.63) is 102 Å². The van der Waals surface area contributed by atoms with Crippen LogP contribution in [-0.2, 0) is 21.4 Å². The second-order valence-electron chi connectivity index (χ2n) is 9.17. The summed E-state index contributed by atoms with van der Waals surface area (Å²) in [5.74, 6) is 0.401. The van der Waals surface area contributed by atoms with Gasteiger partial charge in [-0.25, -0.2) is 0 Å². The molecule has 3 nitrogen and oxygen atoms in total. The van der Waals surface area contributed by atoms with Crippen LogP contribution in [0.2, 0.25) is 0 Å². The van der Waals surface area contributed by atoms with E-state index in [1.54, 1.807) is 11.8 Å². The molecule has 0 N–H and O–H groups in total. The van der Waals surface area contributed by atoms with Crippen molar-refractivity contribution in [2.75, 3.05) is 19.3 Å². The SMILES string of the molecule is CSc1ccccc1CC(=O)N1CC2C(=O)CCC(c3ccccc3)(c3ccccc3)C2C1. The van der Waals surface area contributed by atoms with Gasteiger partial charge in [0, 0.05) is 41.7 Å². The fourth-order valence-electron chi connectivity index (χ4n) is 6.00. The van der Waals surface area contributed by atoms with Gasteiger partial charge in [0.15, 0.2) is 0 Å². The summed E-state index contributed by atoms with van der Waals surface area (Å²) in [6, 6.07) is 29.3. The summed E-state index contributed by atoms with van der Waals surface area (Å²) in [5, 5.41) is 0. The van der Waals surface area contributed by atoms with Crippen molar-refractivity contribution in [3.63, 3.8) is 0 Å². The van der Waals surface area contributed by atoms with Gasteiger partial charge in [-0.15, -0.1) is 11.8 Å². The number of Topliss-reactive ketones (excluding diaryl/α,β-unsaturated/α-hetero) is 1. The molecule has 0 aromatic heterocycles. The van der Waals surface area contributed by atoms with E-state index in [1.807, 2.05) is 41.5 Å². The van der Waals surface area contributed by atoms with Crippen LogP contribution in [0.3, 0.4) is 0 Å². The highest BCUT2D eigenvalue weighted by molar-refractivity contribution is 7.98. The van der Waals surface area contributed by atoms with Gasteiger partial charge in [-0.2, -0.15) is 0 Å². The lowest BCUT2D eigenvalue weighted by molar-refractivity contribution is -0.129. The first-order valence-corrected chi connectivity index (χ1v) is 12.9. The van der Waals surface area contributed by atoms with Crippen LogP contribution in [0.4, 0.5) is 0 Å². The maximum atomic E-state index is 13.4. The lowest BCUT2D eigenvalue weighted by Gasteiger charge is -2.45. The number of benzene rings is 3. The Hall–Kier alpha value is -2.85. The van der Waals surface area contributed by atoms with Gasteiger partial charge in [0.2, 0.25) is 5.91 Å². The molecule has 2 fully saturated rings. The van der Waals surface area contributed by atoms with Gasteiger partial charge in [-0.05, 0) is 35.4 Å². The number of hydrogen-bond donors (Lipinski definition) is 0. The van der Waals surface area contributed by atoms with E-state index in [1.165, 1.54) is 11.1 Å². The minimum atomic E-state index is -0.257. The van der Waals surface area contributed by atoms with Gasteiger partial charge >= 0.3 is 0 Å². The van der Waals surface area contributed by atoms with Gasteiger partial charge in [0.1, 0.15) is 5.78 Å². The quantitative estimate of drug-likeness (QED) is 0.485. The number of carbonyl (C=O) groups excluding carboxylic acids is 2. The number of likely N-dealkylation sites (tertiary alicyclic amines) is 1. The lowest BCUT2D eigenvalue weighted by atomic mass is 9.56. The minimum Gasteiger partial charge on any atom is -0.341 e. The third kappa shape index (κ3) is 3.91. The van der Waals surface area contributed by atoms with E-state index in [2.05, 4.69) is 54.6 Å². The Balaban J connectivity index is 1.50. The van der Waals surface area contributed by atoms with Crippen molar-refractivity contribution < 1.29 is 9.59 Å². The Morgan fingerprint density at radius 1 is 0.909 bits per heavy atom. The second kappa shape index (κ2) is 9.18. The average molecular weight is 456 g/mol. The Morgan fingerprint density at radius 2 is 1.52 bits per heavy atom. The summed E-state index contributed by atoms with van der Waals surface area (Å²) in [7, 11) is 0. The molecule has 1 aliphatic carbocycles. The number of nitrogens with zero attached hydrogens (tertiary/aromatic N) is 1. The molecule has 1 heterocycles. The number of thioether (sulfide) groups is 1. The molecule has 3 aromatic carbocycles. The molecule has 1 saturated carbocycles. The summed E-state index contributed by atoms with van der Waals surface area (Å²) in [4.78, 5) is 29.6. The molecule has 3 aromatic rings. The fourth-order valence-corrected chi connectivity index (χ4v) is 6.62. The highest BCUT2D eigenvalue weighted by Crippen LogP contribution is 2.52. The van der Waals surface area contributed by atoms with Gasteiger partial charge in [-0.3, -0.25) is 9.59 Å². The summed E-state index contributed by atoms with van der Waals surface area (Å²) in [5.41, 5.74) is 3.31. The van der Waals surface area contributed by atoms with Crippen molar-refractivity contribution in [2.45, 2.75) is 29.6 Å². The molecule has 168 valence electrons. The van der Waals surface area contributed by atoms with Crippen molar-refractivity contribution >= 4 is 23.5 Å². The Kier molecular flexibility index (Phi) is 6.11. The molecule has 1 saturated heterocycles. The van der Waals surface area contributed by atoms with Crippen LogP contribution in [0.15, 0.2) is 89.8 Å². The van der Waals surface area contributed by atoms with Crippen LogP contribution in [0, 0.1) is 11.8 Å². The summed E-state index contributed by atoms with van der Waals surface area (Å²) in [6.07, 6.45) is 3.77. The molecule has 1 amide bonds. The first kappa shape index (κ1) is 22.0. The molecule has 33 heavy (non-hydrogen) atoms. The fraction of sp³-hybridized carbons (Fsp3) is 0.310. The van der Waals surface area contributed by atoms with Gasteiger partial charge < -0.3 is 4.90 Å². The van der Waals surface area contributed by atoms with E-state index in [0.717, 1.165) is 16.9 Å². The molecule has 4 heteroatoms. The zero-order valence-corrected chi connectivity index (χ0v) is 19.8. The molecule has 0 radical (unpaired) electrons. The van der Waals surface area contributed by atoms with Crippen LogP contribution < -0.4 is 0 Å². The normalized spacial score (nSPS) is 21.6. The highest BCUT2D eigenvalue weighted by Gasteiger charge is 2.55. The van der Waals surface area contributed by atoms with Crippen molar-refractivity contribution in [1.82, 2.24) is 4.90 Å². The monoisotopic (exact) mass is 455 g/mol. The molecule has 2 unspecified atom stereocenters. The number of rotatable bonds is 5. The first-order valence-electron chi connectivity index (χ1n) is 11.7. The Bertz CT molecular complexity index is 1110. The lowest BCUT2D eigenvalue weighted by Crippen LogP contribution is -2.47. The smallest absolute Gasteiger partial charge is 0.227 e. The van der Waals surface area contributed by atoms with Crippen molar-refractivity contribution in [2.24, 2.45) is 11.8 Å². The predicted octanol–water partition coefficient (Wildman–Crippen LogP) is 5.37. The Labute approximate surface area is 200 Å². The van der Waals surface area contributed by atoms with Gasteiger partial charge in [0.25, 0.3) is 0 Å². The minimum absolute atomic E-state index is 0.0864. The zero-order valence-electron chi connectivity index (χ0n) is 18.9. The number of carbonyl (C=O) groups is 2. The van der Waals surface area contributed by atoms with Crippen LogP contribution in [0.5, 0.6) is 0 Å². The summed E-state index contributed by atoms with van der Waals surface area (Å²) >= 11 is 1.67. The summed E-state index contributed by atoms with van der Waals surface area (Å²) in [6.45, 7) is 1.16. The molecule has 5 rings (SSSR count). The van der Waals surface area contributed by atoms with E-state index in [-0.39, 0.29) is 23.2 Å². The second-order valence-corrected chi connectivity index (χ2v) is 10.0. The number of hydrogen-bond acceptors (Lipinski definition) is 3. The highest BCUT2D eigenvalue weighted by atomic mass is 32.2. The first-order chi connectivity index (χ1) is 16.1. The third-order valence-corrected chi connectivity index (χ3v) is 8.43. The van der Waals surface area contributed by atoms with Crippen molar-refractivity contribution in [3.8, 4) is 0 Å². The van der Waals surface area contributed by atoms with Gasteiger partial charge in [-0.1, -0.05) is 78.9 Å². The van der Waals surface area contributed by atoms with Crippen LogP contribution in [0.25, 0.3) is 0 Å². The standard InChI is InChI=1S/C29H29NO2S/c1-33-27-15-9-8-10-21(27)18-28(32)30-19-24-25(20-30)29(17-16-26(24)31,22-11-4-2-5-12-22)23-13-6-3-7-14-23/h2-15,24-25H,16-20H2,1H3. The van der Waals surface area contributed by atoms with Crippen LogP contribution in [-0.4, -0.2) is 35.9 Å². The van der Waals surface area contributed by atoms with Gasteiger partial charge in [0.05, 0.1) is 6.42 Å². The molecule has 0 spiro atoms. The molecule has 0 bridgehead atoms. The zero-order chi connectivity index (χ0) is 22.8. The maximum absolute atomic E-state index is 13.4. The van der Waals surface area contributed by atoms with E-state index in [9.17, 15) is 9.59 Å². The number of fused-ring (bicyclic) bond motifs is 1. The molecule has 1 aliphatic heterocycles. The van der Waals surface area contributed by atoms with Crippen LogP contribution >= 0.6 is 11.8 Å². The number of amides is 1. The molecular weight excluding hydrogens is 426 g/mol. The largest absolute Gasteiger partial charge is 0.341 e. The van der Waals surface area contributed by atoms with E-state index in [4.69, 9.17) is 0 Å². The Morgan fingerprint density at radius 3 is 2.15 bits per heavy atom. The van der Waals surface area contributed by atoms with E-state index >= 15 is 0 Å². The topological polar surface area (TPSA) is 37.4 Å². The van der Waals surface area contributed by atoms with E-state index in [0.29, 0.717) is 31.7 Å². The number of ketones is 1. The predicted molar refractivity (Wildman–Crippen MR) is 133 cm³/mol. The van der Waals surface area contributed by atoms with Crippen LogP contribution in [0.1, 0.15) is 29.5 Å². The third-order valence-electron chi connectivity index (χ3n) is 7.60. The molecule has 2 atom stereocenters. The van der Waals surface area contributed by atoms with E-state index < -0.39 is 0 Å². The average Bonchev–Trinajstić information content (AvgIpc) is 3.33. The summed E-state index contributed by atoms with van der Waals surface area (Å²) < 4.78 is 0. The maximum Gasteiger partial charge on any atom is 0.227 e.